The van der Waals surface area contributed by atoms with Crippen molar-refractivity contribution in [3.8, 4) is 0 Å². The van der Waals surface area contributed by atoms with Crippen molar-refractivity contribution in [3.63, 3.8) is 0 Å². The van der Waals surface area contributed by atoms with Crippen LogP contribution in [0.25, 0.3) is 0 Å². The largest absolute Gasteiger partial charge is 0.466 e. The highest BCUT2D eigenvalue weighted by Crippen LogP contribution is 2.20. The van der Waals surface area contributed by atoms with Crippen LogP contribution in [-0.4, -0.2) is 94.3 Å². The Hall–Kier alpha value is -0.770. The minimum absolute atomic E-state index is 0.145. The molecule has 0 heterocycles. The van der Waals surface area contributed by atoms with Gasteiger partial charge in [-0.05, 0) is 133 Å². The molecule has 8 nitrogen and oxygen atoms in total. The Morgan fingerprint density at radius 3 is 1.30 bits per heavy atom. The highest BCUT2D eigenvalue weighted by molar-refractivity contribution is 5.69. The van der Waals surface area contributed by atoms with Crippen LogP contribution in [0.15, 0.2) is 0 Å². The minimum atomic E-state index is -0.348. The summed E-state index contributed by atoms with van der Waals surface area (Å²) in [6, 6.07) is 0. The maximum absolute atomic E-state index is 12.7. The normalized spacial score (nSPS) is 13.9. The Bertz CT molecular complexity index is 907. The lowest BCUT2D eigenvalue weighted by Crippen LogP contribution is -2.27. The third kappa shape index (κ3) is 55.8. The molecule has 0 aliphatic rings. The predicted octanol–water partition coefficient (Wildman–Crippen LogP) is 16.3. The van der Waals surface area contributed by atoms with E-state index in [1.54, 1.807) is 0 Å². The van der Waals surface area contributed by atoms with E-state index in [9.17, 15) is 9.90 Å². The molecule has 0 saturated heterocycles. The van der Waals surface area contributed by atoms with Crippen LogP contribution in [0.4, 0.5) is 0 Å². The first-order chi connectivity index (χ1) is 31.7. The third-order valence-corrected chi connectivity index (χ3v) is 12.3. The Balaban J connectivity index is -0.00000759. The summed E-state index contributed by atoms with van der Waals surface area (Å²) >= 11 is 0. The van der Waals surface area contributed by atoms with E-state index in [4.69, 9.17) is 23.7 Å². The number of aliphatic hydroxyl groups is 1. The average Bonchev–Trinajstić information content (AvgIpc) is 3.26. The van der Waals surface area contributed by atoms with Gasteiger partial charge in [0.1, 0.15) is 0 Å². The third-order valence-electron chi connectivity index (χ3n) is 12.3. The lowest BCUT2D eigenvalue weighted by atomic mass is 9.97. The first kappa shape index (κ1) is 69.5. The predicted molar refractivity (Wildman–Crippen MR) is 287 cm³/mol. The van der Waals surface area contributed by atoms with Gasteiger partial charge in [0.15, 0.2) is 6.29 Å². The fourth-order valence-electron chi connectivity index (χ4n) is 7.76. The fraction of sp³-hybridized carbons (Fsp3) is 0.983. The molecule has 0 aliphatic heterocycles. The monoisotopic (exact) mass is 944 g/mol. The molecule has 0 fully saturated rings. The van der Waals surface area contributed by atoms with E-state index in [-0.39, 0.29) is 25.0 Å². The molecule has 66 heavy (non-hydrogen) atoms. The van der Waals surface area contributed by atoms with Gasteiger partial charge in [-0.25, -0.2) is 0 Å². The van der Waals surface area contributed by atoms with Gasteiger partial charge >= 0.3 is 5.97 Å². The molecular weight excluding hydrogens is 823 g/mol. The number of carbonyl (C=O) groups is 1. The van der Waals surface area contributed by atoms with Crippen molar-refractivity contribution in [2.75, 3.05) is 65.9 Å². The Kier molecular flexibility index (Phi) is 56.4. The summed E-state index contributed by atoms with van der Waals surface area (Å²) in [5, 5.41) is 9.32. The standard InChI is InChI=1S/C53H107NO7.C3H8.C2H6/c1-45(2)23-20-26-48(7)31-42-58-51(10)34-41-57-39-18-13-15-36-54(37-16-17-38-55)35-14-11-12-19-40-59-52(56)29-30-53(60-43-32-49(8)27-21-24-46(3)4)61-44-33-50(9)28-22-25-47(5)6;1-3-2;1-2/h45-51,53,55H,11-44H2,1-10H3;3H2,1-2H3;1-2H3. The van der Waals surface area contributed by atoms with Gasteiger partial charge in [0.2, 0.25) is 0 Å². The molecule has 0 aliphatic carbocycles. The number of hydrogen-bond acceptors (Lipinski definition) is 8. The molecule has 4 unspecified atom stereocenters. The summed E-state index contributed by atoms with van der Waals surface area (Å²) in [5.74, 6) is 4.19. The van der Waals surface area contributed by atoms with Crippen LogP contribution in [0.3, 0.4) is 0 Å². The summed E-state index contributed by atoms with van der Waals surface area (Å²) in [5.41, 5.74) is 0. The number of unbranched alkanes of at least 4 members (excludes halogenated alkanes) is 6. The van der Waals surface area contributed by atoms with Gasteiger partial charge in [-0.2, -0.15) is 0 Å². The summed E-state index contributed by atoms with van der Waals surface area (Å²) in [6.07, 6.45) is 27.4. The van der Waals surface area contributed by atoms with Crippen LogP contribution in [0.5, 0.6) is 0 Å². The number of esters is 1. The zero-order valence-corrected chi connectivity index (χ0v) is 47.2. The van der Waals surface area contributed by atoms with E-state index in [1.807, 2.05) is 13.8 Å². The molecular formula is C58H121NO7. The number of rotatable bonds is 47. The van der Waals surface area contributed by atoms with E-state index in [0.29, 0.717) is 44.5 Å². The molecule has 400 valence electrons. The van der Waals surface area contributed by atoms with Gasteiger partial charge in [-0.15, -0.1) is 0 Å². The van der Waals surface area contributed by atoms with Crippen LogP contribution in [0.2, 0.25) is 0 Å². The number of aliphatic hydroxyl groups excluding tert-OH is 1. The maximum Gasteiger partial charge on any atom is 0.305 e. The summed E-state index contributed by atoms with van der Waals surface area (Å²) in [7, 11) is 0. The molecule has 8 heteroatoms. The summed E-state index contributed by atoms with van der Waals surface area (Å²) < 4.78 is 30.1. The SMILES string of the molecule is CC.CC(C)CCCC(C)CCOC(C)CCOCCCCCN(CCCCO)CCCCCCOC(=O)CCC(OCCC(C)CCCC(C)C)OCCC(C)CCCC(C)C.CCC. The molecule has 0 rings (SSSR count). The molecule has 0 amide bonds. The van der Waals surface area contributed by atoms with Crippen molar-refractivity contribution in [1.29, 1.82) is 0 Å². The van der Waals surface area contributed by atoms with Crippen LogP contribution in [0.1, 0.15) is 257 Å². The van der Waals surface area contributed by atoms with E-state index in [0.717, 1.165) is 134 Å². The van der Waals surface area contributed by atoms with Gasteiger partial charge in [0.05, 0.1) is 19.1 Å². The van der Waals surface area contributed by atoms with Crippen molar-refractivity contribution in [2.24, 2.45) is 35.5 Å². The van der Waals surface area contributed by atoms with Crippen molar-refractivity contribution >= 4 is 5.97 Å². The molecule has 0 aromatic carbocycles. The second-order valence-corrected chi connectivity index (χ2v) is 21.1. The maximum atomic E-state index is 12.7. The van der Waals surface area contributed by atoms with Crippen molar-refractivity contribution in [2.45, 2.75) is 270 Å². The van der Waals surface area contributed by atoms with Gasteiger partial charge in [-0.3, -0.25) is 4.79 Å². The van der Waals surface area contributed by atoms with Gasteiger partial charge < -0.3 is 33.7 Å². The van der Waals surface area contributed by atoms with Crippen molar-refractivity contribution in [1.82, 2.24) is 4.90 Å². The molecule has 4 atom stereocenters. The topological polar surface area (TPSA) is 86.7 Å². The molecule has 1 N–H and O–H groups in total. The second-order valence-electron chi connectivity index (χ2n) is 21.1. The fourth-order valence-corrected chi connectivity index (χ4v) is 7.76. The van der Waals surface area contributed by atoms with Crippen LogP contribution >= 0.6 is 0 Å². The van der Waals surface area contributed by atoms with Gasteiger partial charge in [-0.1, -0.05) is 167 Å². The lowest BCUT2D eigenvalue weighted by Gasteiger charge is -2.22. The summed E-state index contributed by atoms with van der Waals surface area (Å²) in [6.45, 7) is 39.0. The number of hydrogen-bond donors (Lipinski definition) is 1. The Morgan fingerprint density at radius 1 is 0.439 bits per heavy atom. The molecule has 0 radical (unpaired) electrons. The molecule has 0 aromatic rings. The molecule has 0 saturated carbocycles. The first-order valence-electron chi connectivity index (χ1n) is 28.6. The lowest BCUT2D eigenvalue weighted by molar-refractivity contribution is -0.161. The summed E-state index contributed by atoms with van der Waals surface area (Å²) in [4.78, 5) is 15.3. The van der Waals surface area contributed by atoms with Crippen LogP contribution in [-0.2, 0) is 28.5 Å². The number of ether oxygens (including phenoxy) is 5. The minimum Gasteiger partial charge on any atom is -0.466 e. The van der Waals surface area contributed by atoms with E-state index < -0.39 is 0 Å². The Morgan fingerprint density at radius 2 is 0.848 bits per heavy atom. The number of carbonyl (C=O) groups excluding carboxylic acids is 1. The molecule has 0 bridgehead atoms. The molecule has 0 spiro atoms. The van der Waals surface area contributed by atoms with Crippen LogP contribution < -0.4 is 0 Å². The van der Waals surface area contributed by atoms with E-state index >= 15 is 0 Å². The van der Waals surface area contributed by atoms with Gasteiger partial charge in [0, 0.05) is 46.1 Å². The van der Waals surface area contributed by atoms with Crippen LogP contribution in [0, 0.1) is 35.5 Å². The van der Waals surface area contributed by atoms with E-state index in [2.05, 4.69) is 88.0 Å². The quantitative estimate of drug-likeness (QED) is 0.0367. The second kappa shape index (κ2) is 53.6. The van der Waals surface area contributed by atoms with Crippen molar-refractivity contribution < 1.29 is 33.6 Å². The average molecular weight is 945 g/mol. The smallest absolute Gasteiger partial charge is 0.305 e. The molecule has 0 aromatic heterocycles. The highest BCUT2D eigenvalue weighted by Gasteiger charge is 2.16. The van der Waals surface area contributed by atoms with Gasteiger partial charge in [0.25, 0.3) is 0 Å². The zero-order valence-electron chi connectivity index (χ0n) is 47.2. The highest BCUT2D eigenvalue weighted by atomic mass is 16.7. The van der Waals surface area contributed by atoms with Crippen molar-refractivity contribution in [3.05, 3.63) is 0 Å². The Labute approximate surface area is 414 Å². The number of nitrogens with zero attached hydrogens (tertiary/aromatic N) is 1. The van der Waals surface area contributed by atoms with E-state index in [1.165, 1.54) is 77.0 Å². The zero-order chi connectivity index (χ0) is 50.1. The first-order valence-corrected chi connectivity index (χ1v) is 28.6.